The second-order valence-corrected chi connectivity index (χ2v) is 3.95. The van der Waals surface area contributed by atoms with Crippen LogP contribution in [0, 0.1) is 11.3 Å². The highest BCUT2D eigenvalue weighted by molar-refractivity contribution is 5.78. The van der Waals surface area contributed by atoms with Crippen molar-refractivity contribution < 1.29 is 4.79 Å². The van der Waals surface area contributed by atoms with Gasteiger partial charge in [-0.05, 0) is 25.8 Å². The summed E-state index contributed by atoms with van der Waals surface area (Å²) in [5, 5.41) is 11.6. The lowest BCUT2D eigenvalue weighted by atomic mass is 10.2. The Hall–Kier alpha value is -1.08. The molecule has 16 heavy (non-hydrogen) atoms. The summed E-state index contributed by atoms with van der Waals surface area (Å²) in [6.07, 6.45) is 2.86. The van der Waals surface area contributed by atoms with Crippen LogP contribution in [0.4, 0.5) is 0 Å². The SMILES string of the molecule is CCCN(CC#N)CC(=O)NC(CC)CC. The van der Waals surface area contributed by atoms with Crippen molar-refractivity contribution >= 4 is 5.91 Å². The molecule has 0 saturated carbocycles. The summed E-state index contributed by atoms with van der Waals surface area (Å²) in [4.78, 5) is 13.5. The van der Waals surface area contributed by atoms with Gasteiger partial charge in [-0.25, -0.2) is 0 Å². The van der Waals surface area contributed by atoms with E-state index in [0.717, 1.165) is 25.8 Å². The zero-order valence-corrected chi connectivity index (χ0v) is 10.6. The van der Waals surface area contributed by atoms with Crippen LogP contribution >= 0.6 is 0 Å². The Labute approximate surface area is 98.6 Å². The van der Waals surface area contributed by atoms with Gasteiger partial charge in [-0.2, -0.15) is 5.26 Å². The number of amides is 1. The van der Waals surface area contributed by atoms with Crippen molar-refractivity contribution in [3.8, 4) is 6.07 Å². The minimum absolute atomic E-state index is 0.0254. The summed E-state index contributed by atoms with van der Waals surface area (Å²) < 4.78 is 0. The molecule has 92 valence electrons. The molecule has 0 aliphatic carbocycles. The molecule has 0 heterocycles. The summed E-state index contributed by atoms with van der Waals surface area (Å²) in [5.74, 6) is 0.0254. The molecule has 1 N–H and O–H groups in total. The van der Waals surface area contributed by atoms with Crippen molar-refractivity contribution in [2.45, 2.75) is 46.1 Å². The van der Waals surface area contributed by atoms with Crippen LogP contribution in [0.5, 0.6) is 0 Å². The van der Waals surface area contributed by atoms with Crippen LogP contribution in [0.1, 0.15) is 40.0 Å². The Morgan fingerprint density at radius 3 is 2.44 bits per heavy atom. The van der Waals surface area contributed by atoms with Gasteiger partial charge >= 0.3 is 0 Å². The van der Waals surface area contributed by atoms with Gasteiger partial charge < -0.3 is 5.32 Å². The average Bonchev–Trinajstić information content (AvgIpc) is 2.26. The maximum Gasteiger partial charge on any atom is 0.234 e. The zero-order chi connectivity index (χ0) is 12.4. The fraction of sp³-hybridized carbons (Fsp3) is 0.833. The highest BCUT2D eigenvalue weighted by atomic mass is 16.2. The summed E-state index contributed by atoms with van der Waals surface area (Å²) in [7, 11) is 0. The predicted molar refractivity (Wildman–Crippen MR) is 64.9 cm³/mol. The predicted octanol–water partition coefficient (Wildman–Crippen LogP) is 1.53. The van der Waals surface area contributed by atoms with E-state index in [9.17, 15) is 4.79 Å². The highest BCUT2D eigenvalue weighted by Gasteiger charge is 2.12. The third-order valence-corrected chi connectivity index (χ3v) is 2.55. The van der Waals surface area contributed by atoms with Crippen LogP contribution in [0.2, 0.25) is 0 Å². The second kappa shape index (κ2) is 9.17. The number of nitrogens with zero attached hydrogens (tertiary/aromatic N) is 2. The third-order valence-electron chi connectivity index (χ3n) is 2.55. The molecule has 0 aliphatic heterocycles. The maximum atomic E-state index is 11.7. The standard InChI is InChI=1S/C12H23N3O/c1-4-8-15(9-7-13)10-12(16)14-11(5-2)6-3/h11H,4-6,8-10H2,1-3H3,(H,14,16). The molecule has 0 aromatic carbocycles. The van der Waals surface area contributed by atoms with E-state index in [-0.39, 0.29) is 11.9 Å². The molecule has 4 heteroatoms. The molecule has 0 aromatic heterocycles. The molecule has 0 radical (unpaired) electrons. The molecule has 0 unspecified atom stereocenters. The molecule has 0 atom stereocenters. The first-order valence-corrected chi connectivity index (χ1v) is 6.06. The van der Waals surface area contributed by atoms with Crippen LogP contribution in [0.3, 0.4) is 0 Å². The van der Waals surface area contributed by atoms with Gasteiger partial charge in [-0.3, -0.25) is 9.69 Å². The van der Waals surface area contributed by atoms with Gasteiger partial charge in [-0.15, -0.1) is 0 Å². The van der Waals surface area contributed by atoms with Crippen molar-refractivity contribution in [2.24, 2.45) is 0 Å². The van der Waals surface area contributed by atoms with Crippen molar-refractivity contribution in [1.82, 2.24) is 10.2 Å². The van der Waals surface area contributed by atoms with Gasteiger partial charge in [-0.1, -0.05) is 20.8 Å². The Kier molecular flexibility index (Phi) is 8.55. The monoisotopic (exact) mass is 225 g/mol. The van der Waals surface area contributed by atoms with Gasteiger partial charge in [0.05, 0.1) is 19.2 Å². The summed E-state index contributed by atoms with van der Waals surface area (Å²) in [6, 6.07) is 2.35. The summed E-state index contributed by atoms with van der Waals surface area (Å²) in [6.45, 7) is 7.62. The molecule has 0 aromatic rings. The number of rotatable bonds is 8. The number of carbonyl (C=O) groups excluding carboxylic acids is 1. The van der Waals surface area contributed by atoms with E-state index in [4.69, 9.17) is 5.26 Å². The molecule has 0 bridgehead atoms. The van der Waals surface area contributed by atoms with Crippen LogP contribution in [0.25, 0.3) is 0 Å². The molecule has 0 aliphatic rings. The van der Waals surface area contributed by atoms with E-state index in [1.807, 2.05) is 11.8 Å². The largest absolute Gasteiger partial charge is 0.352 e. The lowest BCUT2D eigenvalue weighted by molar-refractivity contribution is -0.122. The second-order valence-electron chi connectivity index (χ2n) is 3.95. The Bertz CT molecular complexity index is 231. The molecule has 4 nitrogen and oxygen atoms in total. The summed E-state index contributed by atoms with van der Waals surface area (Å²) >= 11 is 0. The molecular weight excluding hydrogens is 202 g/mol. The van der Waals surface area contributed by atoms with Crippen LogP contribution in [-0.4, -0.2) is 36.5 Å². The number of carbonyl (C=O) groups is 1. The fourth-order valence-corrected chi connectivity index (χ4v) is 1.60. The van der Waals surface area contributed by atoms with E-state index in [2.05, 4.69) is 25.2 Å². The zero-order valence-electron chi connectivity index (χ0n) is 10.6. The van der Waals surface area contributed by atoms with Gasteiger partial charge in [0.1, 0.15) is 0 Å². The smallest absolute Gasteiger partial charge is 0.234 e. The minimum atomic E-state index is 0.0254. The van der Waals surface area contributed by atoms with E-state index in [1.165, 1.54) is 0 Å². The van der Waals surface area contributed by atoms with Crippen LogP contribution in [-0.2, 0) is 4.79 Å². The molecule has 1 amide bonds. The molecule has 0 rings (SSSR count). The van der Waals surface area contributed by atoms with E-state index in [1.54, 1.807) is 0 Å². The van der Waals surface area contributed by atoms with Gasteiger partial charge in [0.25, 0.3) is 0 Å². The first kappa shape index (κ1) is 14.9. The van der Waals surface area contributed by atoms with Crippen molar-refractivity contribution in [2.75, 3.05) is 19.6 Å². The maximum absolute atomic E-state index is 11.7. The van der Waals surface area contributed by atoms with Crippen molar-refractivity contribution in [3.63, 3.8) is 0 Å². The van der Waals surface area contributed by atoms with Gasteiger partial charge in [0.2, 0.25) is 5.91 Å². The van der Waals surface area contributed by atoms with Crippen LogP contribution in [0.15, 0.2) is 0 Å². The first-order valence-electron chi connectivity index (χ1n) is 6.06. The minimum Gasteiger partial charge on any atom is -0.352 e. The Morgan fingerprint density at radius 2 is 2.00 bits per heavy atom. The number of nitrogens with one attached hydrogen (secondary N) is 1. The first-order chi connectivity index (χ1) is 7.67. The van der Waals surface area contributed by atoms with Gasteiger partial charge in [0.15, 0.2) is 0 Å². The van der Waals surface area contributed by atoms with E-state index in [0.29, 0.717) is 13.1 Å². The lowest BCUT2D eigenvalue weighted by Gasteiger charge is -2.20. The molecule has 0 fully saturated rings. The molecule has 0 spiro atoms. The molecular formula is C12H23N3O. The van der Waals surface area contributed by atoms with E-state index < -0.39 is 0 Å². The van der Waals surface area contributed by atoms with Crippen LogP contribution < -0.4 is 5.32 Å². The van der Waals surface area contributed by atoms with Gasteiger partial charge in [0, 0.05) is 6.04 Å². The Balaban J connectivity index is 4.03. The summed E-state index contributed by atoms with van der Waals surface area (Å²) in [5.41, 5.74) is 0. The van der Waals surface area contributed by atoms with Crippen molar-refractivity contribution in [3.05, 3.63) is 0 Å². The highest BCUT2D eigenvalue weighted by Crippen LogP contribution is 1.97. The topological polar surface area (TPSA) is 56.1 Å². The fourth-order valence-electron chi connectivity index (χ4n) is 1.60. The quantitative estimate of drug-likeness (QED) is 0.637. The van der Waals surface area contributed by atoms with E-state index >= 15 is 0 Å². The van der Waals surface area contributed by atoms with Crippen molar-refractivity contribution in [1.29, 1.82) is 5.26 Å². The number of hydrogen-bond acceptors (Lipinski definition) is 3. The normalized spacial score (nSPS) is 10.5. The molecule has 0 saturated heterocycles. The lowest BCUT2D eigenvalue weighted by Crippen LogP contribution is -2.42. The average molecular weight is 225 g/mol. The Morgan fingerprint density at radius 1 is 1.38 bits per heavy atom. The third kappa shape index (κ3) is 6.41. The number of nitriles is 1. The number of hydrogen-bond donors (Lipinski definition) is 1.